The van der Waals surface area contributed by atoms with Gasteiger partial charge >= 0.3 is 0 Å². The van der Waals surface area contributed by atoms with Gasteiger partial charge in [0.05, 0.1) is 18.2 Å². The van der Waals surface area contributed by atoms with Crippen LogP contribution in [0.1, 0.15) is 29.6 Å². The van der Waals surface area contributed by atoms with Crippen LogP contribution in [0.15, 0.2) is 5.38 Å². The second-order valence-corrected chi connectivity index (χ2v) is 3.90. The summed E-state index contributed by atoms with van der Waals surface area (Å²) in [7, 11) is 0. The van der Waals surface area contributed by atoms with E-state index in [9.17, 15) is 0 Å². The Kier molecular flexibility index (Phi) is 2.57. The van der Waals surface area contributed by atoms with Crippen LogP contribution in [0.3, 0.4) is 0 Å². The number of nitriles is 1. The summed E-state index contributed by atoms with van der Waals surface area (Å²) >= 11 is 1.60. The van der Waals surface area contributed by atoms with Crippen LogP contribution in [0.2, 0.25) is 0 Å². The number of nitrogens with zero attached hydrogens (tertiary/aromatic N) is 2. The molecule has 1 aromatic rings. The zero-order chi connectivity index (χ0) is 9.10. The van der Waals surface area contributed by atoms with Gasteiger partial charge < -0.3 is 4.74 Å². The van der Waals surface area contributed by atoms with E-state index < -0.39 is 0 Å². The highest BCUT2D eigenvalue weighted by Crippen LogP contribution is 2.30. The van der Waals surface area contributed by atoms with Crippen LogP contribution in [0.25, 0.3) is 0 Å². The van der Waals surface area contributed by atoms with Gasteiger partial charge in [0, 0.05) is 12.0 Å². The number of aromatic nitrogens is 1. The Morgan fingerprint density at radius 1 is 1.77 bits per heavy atom. The quantitative estimate of drug-likeness (QED) is 0.724. The summed E-state index contributed by atoms with van der Waals surface area (Å²) in [5, 5.41) is 11.5. The third-order valence-electron chi connectivity index (χ3n) is 2.03. The van der Waals surface area contributed by atoms with Gasteiger partial charge in [0.15, 0.2) is 0 Å². The van der Waals surface area contributed by atoms with Crippen LogP contribution in [-0.4, -0.2) is 11.6 Å². The Balaban J connectivity index is 2.08. The van der Waals surface area contributed by atoms with Crippen molar-refractivity contribution < 1.29 is 4.74 Å². The van der Waals surface area contributed by atoms with Crippen molar-refractivity contribution in [1.29, 1.82) is 5.26 Å². The summed E-state index contributed by atoms with van der Waals surface area (Å²) < 4.78 is 5.50. The van der Waals surface area contributed by atoms with E-state index in [2.05, 4.69) is 11.1 Å². The van der Waals surface area contributed by atoms with Gasteiger partial charge in [0.25, 0.3) is 0 Å². The Morgan fingerprint density at radius 3 is 3.38 bits per heavy atom. The lowest BCUT2D eigenvalue weighted by molar-refractivity contribution is 0.111. The maximum Gasteiger partial charge on any atom is 0.122 e. The third-order valence-corrected chi connectivity index (χ3v) is 3.02. The van der Waals surface area contributed by atoms with Gasteiger partial charge in [0.1, 0.15) is 11.1 Å². The molecule has 0 spiro atoms. The van der Waals surface area contributed by atoms with Crippen LogP contribution in [-0.2, 0) is 11.2 Å². The molecule has 1 saturated heterocycles. The summed E-state index contributed by atoms with van der Waals surface area (Å²) in [6, 6.07) is 2.09. The normalized spacial score (nSPS) is 21.6. The standard InChI is InChI=1S/C9H10N2OS/c10-4-3-7-6-13-9(11-7)8-2-1-5-12-8/h6,8H,1-3,5H2. The minimum absolute atomic E-state index is 0.192. The van der Waals surface area contributed by atoms with Crippen molar-refractivity contribution in [3.05, 3.63) is 16.1 Å². The molecular formula is C9H10N2OS. The predicted octanol–water partition coefficient (Wildman–Crippen LogP) is 2.06. The van der Waals surface area contributed by atoms with Gasteiger partial charge in [0.2, 0.25) is 0 Å². The SMILES string of the molecule is N#CCc1csc(C2CCCO2)n1. The molecule has 0 saturated carbocycles. The largest absolute Gasteiger partial charge is 0.371 e. The lowest BCUT2D eigenvalue weighted by Gasteiger charge is -2.02. The minimum atomic E-state index is 0.192. The number of hydrogen-bond donors (Lipinski definition) is 0. The first-order valence-corrected chi connectivity index (χ1v) is 5.21. The molecule has 1 aliphatic rings. The summed E-state index contributed by atoms with van der Waals surface area (Å²) in [6.07, 6.45) is 2.79. The fourth-order valence-electron chi connectivity index (χ4n) is 1.41. The third kappa shape index (κ3) is 1.87. The van der Waals surface area contributed by atoms with Crippen LogP contribution < -0.4 is 0 Å². The molecule has 1 unspecified atom stereocenters. The topological polar surface area (TPSA) is 45.9 Å². The van der Waals surface area contributed by atoms with Crippen LogP contribution in [0.5, 0.6) is 0 Å². The predicted molar refractivity (Wildman–Crippen MR) is 49.4 cm³/mol. The number of rotatable bonds is 2. The Hall–Kier alpha value is -0.920. The number of ether oxygens (including phenoxy) is 1. The molecule has 0 amide bonds. The zero-order valence-electron chi connectivity index (χ0n) is 7.19. The van der Waals surface area contributed by atoms with Crippen molar-refractivity contribution >= 4 is 11.3 Å². The highest BCUT2D eigenvalue weighted by atomic mass is 32.1. The van der Waals surface area contributed by atoms with E-state index in [4.69, 9.17) is 10.00 Å². The lowest BCUT2D eigenvalue weighted by Crippen LogP contribution is -1.95. The monoisotopic (exact) mass is 194 g/mol. The highest BCUT2D eigenvalue weighted by molar-refractivity contribution is 7.09. The van der Waals surface area contributed by atoms with Gasteiger partial charge in [-0.3, -0.25) is 0 Å². The molecule has 68 valence electrons. The summed E-state index contributed by atoms with van der Waals surface area (Å²) in [5.41, 5.74) is 0.873. The van der Waals surface area contributed by atoms with Crippen LogP contribution >= 0.6 is 11.3 Å². The Morgan fingerprint density at radius 2 is 2.69 bits per heavy atom. The van der Waals surface area contributed by atoms with Gasteiger partial charge in [-0.1, -0.05) is 0 Å². The molecule has 0 radical (unpaired) electrons. The molecule has 0 aromatic carbocycles. The van der Waals surface area contributed by atoms with Crippen molar-refractivity contribution in [3.63, 3.8) is 0 Å². The lowest BCUT2D eigenvalue weighted by atomic mass is 10.2. The van der Waals surface area contributed by atoms with Crippen molar-refractivity contribution in [3.8, 4) is 6.07 Å². The first-order valence-electron chi connectivity index (χ1n) is 4.33. The number of thiazole rings is 1. The van der Waals surface area contributed by atoms with Crippen molar-refractivity contribution in [2.75, 3.05) is 6.61 Å². The molecule has 1 aliphatic heterocycles. The fraction of sp³-hybridized carbons (Fsp3) is 0.556. The van der Waals surface area contributed by atoms with Crippen LogP contribution in [0.4, 0.5) is 0 Å². The molecular weight excluding hydrogens is 184 g/mol. The Labute approximate surface area is 81.0 Å². The highest BCUT2D eigenvalue weighted by Gasteiger charge is 2.20. The van der Waals surface area contributed by atoms with Crippen molar-refractivity contribution in [2.24, 2.45) is 0 Å². The summed E-state index contributed by atoms with van der Waals surface area (Å²) in [6.45, 7) is 0.845. The molecule has 1 aromatic heterocycles. The van der Waals surface area contributed by atoms with E-state index in [1.54, 1.807) is 11.3 Å². The van der Waals surface area contributed by atoms with Gasteiger partial charge in [-0.2, -0.15) is 5.26 Å². The van der Waals surface area contributed by atoms with Gasteiger partial charge in [-0.25, -0.2) is 4.98 Å². The second-order valence-electron chi connectivity index (χ2n) is 3.01. The van der Waals surface area contributed by atoms with Crippen molar-refractivity contribution in [2.45, 2.75) is 25.4 Å². The minimum Gasteiger partial charge on any atom is -0.371 e. The van der Waals surface area contributed by atoms with E-state index in [0.717, 1.165) is 30.2 Å². The summed E-state index contributed by atoms with van der Waals surface area (Å²) in [4.78, 5) is 4.35. The molecule has 0 bridgehead atoms. The molecule has 1 atom stereocenters. The van der Waals surface area contributed by atoms with Gasteiger partial charge in [-0.05, 0) is 12.8 Å². The molecule has 2 heterocycles. The molecule has 3 nitrogen and oxygen atoms in total. The first-order chi connectivity index (χ1) is 6.40. The zero-order valence-corrected chi connectivity index (χ0v) is 8.01. The van der Waals surface area contributed by atoms with E-state index in [-0.39, 0.29) is 6.10 Å². The number of hydrogen-bond acceptors (Lipinski definition) is 4. The van der Waals surface area contributed by atoms with Crippen molar-refractivity contribution in [1.82, 2.24) is 4.98 Å². The molecule has 4 heteroatoms. The van der Waals surface area contributed by atoms with E-state index in [1.165, 1.54) is 0 Å². The first kappa shape index (κ1) is 8.67. The maximum absolute atomic E-state index is 8.48. The average molecular weight is 194 g/mol. The Bertz CT molecular complexity index is 323. The van der Waals surface area contributed by atoms with Gasteiger partial charge in [-0.15, -0.1) is 11.3 Å². The smallest absolute Gasteiger partial charge is 0.122 e. The fourth-order valence-corrected chi connectivity index (χ4v) is 2.31. The molecule has 0 aliphatic carbocycles. The molecule has 13 heavy (non-hydrogen) atoms. The second kappa shape index (κ2) is 3.86. The van der Waals surface area contributed by atoms with E-state index in [1.807, 2.05) is 5.38 Å². The van der Waals surface area contributed by atoms with Crippen LogP contribution in [0, 0.1) is 11.3 Å². The van der Waals surface area contributed by atoms with E-state index in [0.29, 0.717) is 6.42 Å². The average Bonchev–Trinajstić information content (AvgIpc) is 2.70. The molecule has 0 N–H and O–H groups in total. The molecule has 2 rings (SSSR count). The summed E-state index contributed by atoms with van der Waals surface area (Å²) in [5.74, 6) is 0. The van der Waals surface area contributed by atoms with E-state index >= 15 is 0 Å². The maximum atomic E-state index is 8.48. The molecule has 1 fully saturated rings.